The minimum Gasteiger partial charge on any atom is -0.469 e. The van der Waals surface area contributed by atoms with E-state index >= 15 is 0 Å². The molecule has 5 heteroatoms. The fourth-order valence-electron chi connectivity index (χ4n) is 2.53. The number of hydrogen-bond donors (Lipinski definition) is 0. The summed E-state index contributed by atoms with van der Waals surface area (Å²) in [5.41, 5.74) is 3.60. The number of halogens is 1. The Hall–Kier alpha value is -1.93. The molecule has 0 saturated heterocycles. The Balaban J connectivity index is 2.57. The quantitative estimate of drug-likeness (QED) is 0.767. The molecular weight excluding hydrogens is 344 g/mol. The number of hydrogen-bond acceptors (Lipinski definition) is 4. The normalized spacial score (nSPS) is 12.0. The number of aryl methyl sites for hydroxylation is 2. The zero-order valence-electron chi connectivity index (χ0n) is 12.8. The van der Waals surface area contributed by atoms with Gasteiger partial charge in [0.2, 0.25) is 0 Å². The lowest BCUT2D eigenvalue weighted by atomic mass is 9.92. The van der Waals surface area contributed by atoms with E-state index in [0.29, 0.717) is 12.8 Å². The Morgan fingerprint density at radius 3 is 2.77 bits per heavy atom. The first kappa shape index (κ1) is 16.4. The second kappa shape index (κ2) is 6.89. The van der Waals surface area contributed by atoms with E-state index in [1.807, 2.05) is 32.0 Å². The summed E-state index contributed by atoms with van der Waals surface area (Å²) in [4.78, 5) is 16.7. The topological polar surface area (TPSA) is 63.0 Å². The Morgan fingerprint density at radius 1 is 1.41 bits per heavy atom. The van der Waals surface area contributed by atoms with Gasteiger partial charge in [-0.3, -0.25) is 9.78 Å². The van der Waals surface area contributed by atoms with Gasteiger partial charge in [-0.15, -0.1) is 0 Å². The summed E-state index contributed by atoms with van der Waals surface area (Å²) in [5.74, 6) is -0.779. The molecule has 0 amide bonds. The van der Waals surface area contributed by atoms with Crippen molar-refractivity contribution < 1.29 is 9.53 Å². The van der Waals surface area contributed by atoms with Crippen LogP contribution < -0.4 is 0 Å². The number of aromatic nitrogens is 1. The largest absolute Gasteiger partial charge is 0.469 e. The van der Waals surface area contributed by atoms with Crippen molar-refractivity contribution in [3.8, 4) is 6.07 Å². The number of pyridine rings is 1. The van der Waals surface area contributed by atoms with Gasteiger partial charge in [-0.1, -0.05) is 15.9 Å². The molecule has 1 aromatic heterocycles. The third-order valence-corrected chi connectivity index (χ3v) is 4.59. The Kier molecular flexibility index (Phi) is 5.15. The van der Waals surface area contributed by atoms with Crippen LogP contribution in [0.1, 0.15) is 35.6 Å². The molecule has 0 aliphatic heterocycles. The predicted octanol–water partition coefficient (Wildman–Crippen LogP) is 4.17. The van der Waals surface area contributed by atoms with Crippen LogP contribution in [0.5, 0.6) is 0 Å². The molecule has 114 valence electrons. The van der Waals surface area contributed by atoms with Crippen molar-refractivity contribution in [2.45, 2.75) is 32.6 Å². The summed E-state index contributed by atoms with van der Waals surface area (Å²) in [6.45, 7) is 3.89. The lowest BCUT2D eigenvalue weighted by Crippen LogP contribution is -2.16. The number of nitrogens with zero attached hydrogens (tertiary/aromatic N) is 2. The van der Waals surface area contributed by atoms with Crippen molar-refractivity contribution in [3.63, 3.8) is 0 Å². The van der Waals surface area contributed by atoms with Crippen molar-refractivity contribution in [1.29, 1.82) is 5.26 Å². The smallest absolute Gasteiger partial charge is 0.313 e. The highest BCUT2D eigenvalue weighted by Crippen LogP contribution is 2.30. The van der Waals surface area contributed by atoms with Gasteiger partial charge in [-0.05, 0) is 49.6 Å². The average molecular weight is 361 g/mol. The molecule has 22 heavy (non-hydrogen) atoms. The fraction of sp³-hybridized carbons (Fsp3) is 0.353. The number of carbonyl (C=O) groups is 1. The number of rotatable bonds is 4. The minimum atomic E-state index is -0.453. The Labute approximate surface area is 138 Å². The number of fused-ring (bicyclic) bond motifs is 1. The van der Waals surface area contributed by atoms with Crippen LogP contribution in [-0.4, -0.2) is 18.1 Å². The van der Waals surface area contributed by atoms with E-state index in [-0.39, 0.29) is 5.97 Å². The van der Waals surface area contributed by atoms with E-state index in [1.165, 1.54) is 7.11 Å². The highest BCUT2D eigenvalue weighted by atomic mass is 79.9. The van der Waals surface area contributed by atoms with Gasteiger partial charge in [0.15, 0.2) is 0 Å². The van der Waals surface area contributed by atoms with Crippen molar-refractivity contribution >= 4 is 32.8 Å². The van der Waals surface area contributed by atoms with Crippen LogP contribution in [0.15, 0.2) is 22.7 Å². The summed E-state index contributed by atoms with van der Waals surface area (Å²) in [6.07, 6.45) is 0.739. The first-order valence-corrected chi connectivity index (χ1v) is 7.79. The van der Waals surface area contributed by atoms with Gasteiger partial charge in [-0.2, -0.15) is 5.26 Å². The first-order chi connectivity index (χ1) is 10.5. The maximum Gasteiger partial charge on any atom is 0.313 e. The summed E-state index contributed by atoms with van der Waals surface area (Å²) >= 11 is 3.51. The Bertz CT molecular complexity index is 765. The average Bonchev–Trinajstić information content (AvgIpc) is 2.49. The molecule has 2 aromatic rings. The summed E-state index contributed by atoms with van der Waals surface area (Å²) < 4.78 is 5.90. The van der Waals surface area contributed by atoms with E-state index in [2.05, 4.69) is 27.0 Å². The highest BCUT2D eigenvalue weighted by Gasteiger charge is 2.24. The van der Waals surface area contributed by atoms with Crippen molar-refractivity contribution in [1.82, 2.24) is 4.98 Å². The van der Waals surface area contributed by atoms with Gasteiger partial charge in [0.1, 0.15) is 0 Å². The second-order valence-corrected chi connectivity index (χ2v) is 6.08. The van der Waals surface area contributed by atoms with Gasteiger partial charge in [-0.25, -0.2) is 0 Å². The Morgan fingerprint density at radius 2 is 2.14 bits per heavy atom. The third kappa shape index (κ3) is 3.28. The van der Waals surface area contributed by atoms with E-state index in [0.717, 1.165) is 32.2 Å². The molecule has 0 radical (unpaired) electrons. The van der Waals surface area contributed by atoms with Crippen LogP contribution in [0.2, 0.25) is 0 Å². The standard InChI is InChI=1S/C17H17BrN2O2/c1-10-7-12-8-14(11(2)20-16(12)9-15(10)18)13(5-4-6-19)17(21)22-3/h7-9,13H,4-5H2,1-3H3. The lowest BCUT2D eigenvalue weighted by Gasteiger charge is -2.17. The maximum absolute atomic E-state index is 12.1. The molecular formula is C17H17BrN2O2. The van der Waals surface area contributed by atoms with Crippen LogP contribution in [0.3, 0.4) is 0 Å². The molecule has 1 atom stereocenters. The van der Waals surface area contributed by atoms with E-state index in [1.54, 1.807) is 0 Å². The number of methoxy groups -OCH3 is 1. The molecule has 0 N–H and O–H groups in total. The highest BCUT2D eigenvalue weighted by molar-refractivity contribution is 9.10. The molecule has 0 aliphatic rings. The van der Waals surface area contributed by atoms with Crippen LogP contribution in [-0.2, 0) is 9.53 Å². The van der Waals surface area contributed by atoms with Crippen LogP contribution >= 0.6 is 15.9 Å². The monoisotopic (exact) mass is 360 g/mol. The van der Waals surface area contributed by atoms with Crippen molar-refractivity contribution in [2.24, 2.45) is 0 Å². The number of ether oxygens (including phenoxy) is 1. The van der Waals surface area contributed by atoms with Crippen molar-refractivity contribution in [2.75, 3.05) is 7.11 Å². The molecule has 0 fully saturated rings. The summed E-state index contributed by atoms with van der Waals surface area (Å²) in [6, 6.07) is 8.08. The molecule has 4 nitrogen and oxygen atoms in total. The molecule has 0 aliphatic carbocycles. The zero-order chi connectivity index (χ0) is 16.3. The summed E-state index contributed by atoms with van der Waals surface area (Å²) in [7, 11) is 1.37. The maximum atomic E-state index is 12.1. The second-order valence-electron chi connectivity index (χ2n) is 5.23. The van der Waals surface area contributed by atoms with E-state index in [4.69, 9.17) is 10.00 Å². The number of benzene rings is 1. The molecule has 0 saturated carbocycles. The SMILES string of the molecule is COC(=O)C(CCC#N)c1cc2cc(C)c(Br)cc2nc1C. The molecule has 0 spiro atoms. The number of esters is 1. The van der Waals surface area contributed by atoms with E-state index in [9.17, 15) is 4.79 Å². The zero-order valence-corrected chi connectivity index (χ0v) is 14.4. The molecule has 0 bridgehead atoms. The molecule has 1 unspecified atom stereocenters. The predicted molar refractivity (Wildman–Crippen MR) is 88.5 cm³/mol. The van der Waals surface area contributed by atoms with Crippen molar-refractivity contribution in [3.05, 3.63) is 39.5 Å². The van der Waals surface area contributed by atoms with Crippen LogP contribution in [0.25, 0.3) is 10.9 Å². The van der Waals surface area contributed by atoms with Gasteiger partial charge in [0.25, 0.3) is 0 Å². The van der Waals surface area contributed by atoms with Gasteiger partial charge < -0.3 is 4.74 Å². The van der Waals surface area contributed by atoms with Gasteiger partial charge in [0.05, 0.1) is 24.6 Å². The fourth-order valence-corrected chi connectivity index (χ4v) is 2.86. The molecule has 2 rings (SSSR count). The van der Waals surface area contributed by atoms with Gasteiger partial charge in [0, 0.05) is 22.0 Å². The van der Waals surface area contributed by atoms with E-state index < -0.39 is 5.92 Å². The third-order valence-electron chi connectivity index (χ3n) is 3.73. The van der Waals surface area contributed by atoms with Crippen LogP contribution in [0, 0.1) is 25.2 Å². The summed E-state index contributed by atoms with van der Waals surface area (Å²) in [5, 5.41) is 9.78. The first-order valence-electron chi connectivity index (χ1n) is 7.00. The number of nitriles is 1. The van der Waals surface area contributed by atoms with Gasteiger partial charge >= 0.3 is 5.97 Å². The number of carbonyl (C=O) groups excluding carboxylic acids is 1. The molecule has 1 heterocycles. The lowest BCUT2D eigenvalue weighted by molar-refractivity contribution is -0.142. The van der Waals surface area contributed by atoms with Crippen LogP contribution in [0.4, 0.5) is 0 Å². The minimum absolute atomic E-state index is 0.302. The molecule has 1 aromatic carbocycles.